The molecule has 0 saturated carbocycles. The molecule has 2 nitrogen and oxygen atoms in total. The Balaban J connectivity index is 2.01. The maximum Gasteiger partial charge on any atom is 0.101 e. The third-order valence-electron chi connectivity index (χ3n) is 1.27. The molecule has 0 aromatic rings. The van der Waals surface area contributed by atoms with Gasteiger partial charge in [0.15, 0.2) is 0 Å². The Labute approximate surface area is 60.5 Å². The Morgan fingerprint density at radius 3 is 3.22 bits per heavy atom. The maximum atomic E-state index is 4.08. The molecule has 0 aromatic carbocycles. The van der Waals surface area contributed by atoms with E-state index in [0.717, 1.165) is 6.67 Å². The molecule has 0 fully saturated rings. The average molecular weight is 144 g/mol. The summed E-state index contributed by atoms with van der Waals surface area (Å²) in [5.41, 5.74) is 1.91. The molecular weight excluding hydrogens is 132 g/mol. The van der Waals surface area contributed by atoms with Crippen LogP contribution in [0.15, 0.2) is 4.99 Å². The van der Waals surface area contributed by atoms with Gasteiger partial charge < -0.3 is 0 Å². The minimum absolute atomic E-state index is 0.894. The third kappa shape index (κ3) is 2.37. The van der Waals surface area contributed by atoms with Crippen molar-refractivity contribution >= 4 is 17.5 Å². The van der Waals surface area contributed by atoms with Crippen LogP contribution in [-0.2, 0) is 0 Å². The molecular formula is C6H12N2S. The fourth-order valence-corrected chi connectivity index (χ4v) is 1.35. The zero-order valence-corrected chi connectivity index (χ0v) is 6.52. The molecule has 9 heavy (non-hydrogen) atoms. The van der Waals surface area contributed by atoms with Crippen LogP contribution in [0.5, 0.6) is 0 Å². The lowest BCUT2D eigenvalue weighted by atomic mass is 10.3. The van der Waals surface area contributed by atoms with Crippen molar-refractivity contribution in [3.8, 4) is 0 Å². The van der Waals surface area contributed by atoms with Gasteiger partial charge in [-0.3, -0.25) is 4.99 Å². The van der Waals surface area contributed by atoms with Crippen molar-refractivity contribution in [2.75, 3.05) is 13.2 Å². The predicted molar refractivity (Wildman–Crippen MR) is 42.6 cm³/mol. The molecule has 0 atom stereocenters. The van der Waals surface area contributed by atoms with Gasteiger partial charge in [-0.25, -0.2) is 4.31 Å². The van der Waals surface area contributed by atoms with Crippen LogP contribution in [0.25, 0.3) is 0 Å². The summed E-state index contributed by atoms with van der Waals surface area (Å²) in [6, 6.07) is 0. The number of hydrogen-bond donors (Lipinski definition) is 0. The van der Waals surface area contributed by atoms with Crippen molar-refractivity contribution < 1.29 is 0 Å². The quantitative estimate of drug-likeness (QED) is 0.561. The molecule has 1 aliphatic rings. The van der Waals surface area contributed by atoms with Crippen LogP contribution >= 0.6 is 11.9 Å². The van der Waals surface area contributed by atoms with E-state index in [-0.39, 0.29) is 0 Å². The molecule has 52 valence electrons. The van der Waals surface area contributed by atoms with Crippen LogP contribution in [-0.4, -0.2) is 23.1 Å². The highest BCUT2D eigenvalue weighted by molar-refractivity contribution is 8.10. The van der Waals surface area contributed by atoms with E-state index in [2.05, 4.69) is 16.2 Å². The van der Waals surface area contributed by atoms with Gasteiger partial charge in [0.05, 0.1) is 5.55 Å². The maximum absolute atomic E-state index is 4.08. The highest BCUT2D eigenvalue weighted by Crippen LogP contribution is 2.12. The summed E-state index contributed by atoms with van der Waals surface area (Å²) in [5.74, 6) is 0. The van der Waals surface area contributed by atoms with Crippen LogP contribution in [0.2, 0.25) is 0 Å². The third-order valence-corrected chi connectivity index (χ3v) is 2.11. The van der Waals surface area contributed by atoms with E-state index >= 15 is 0 Å². The Morgan fingerprint density at radius 1 is 1.78 bits per heavy atom. The molecule has 3 heteroatoms. The lowest BCUT2D eigenvalue weighted by molar-refractivity contribution is 0.481. The Bertz CT molecular complexity index is 95.2. The normalized spacial score (nSPS) is 19.2. The summed E-state index contributed by atoms with van der Waals surface area (Å²) in [5, 5.41) is 0. The van der Waals surface area contributed by atoms with Crippen molar-refractivity contribution in [1.82, 2.24) is 4.31 Å². The lowest BCUT2D eigenvalue weighted by Gasteiger charge is -2.09. The van der Waals surface area contributed by atoms with E-state index in [1.807, 2.05) is 5.55 Å². The molecule has 1 heterocycles. The van der Waals surface area contributed by atoms with Crippen molar-refractivity contribution in [2.45, 2.75) is 19.8 Å². The van der Waals surface area contributed by atoms with E-state index in [1.54, 1.807) is 11.9 Å². The Morgan fingerprint density at radius 2 is 2.67 bits per heavy atom. The fraction of sp³-hybridized carbons (Fsp3) is 0.833. The van der Waals surface area contributed by atoms with Gasteiger partial charge in [0.2, 0.25) is 0 Å². The zero-order chi connectivity index (χ0) is 6.53. The Hall–Kier alpha value is -0.0200. The highest BCUT2D eigenvalue weighted by Gasteiger charge is 2.05. The van der Waals surface area contributed by atoms with Gasteiger partial charge in [0, 0.05) is 6.54 Å². The molecule has 1 rings (SSSR count). The summed E-state index contributed by atoms with van der Waals surface area (Å²) < 4.78 is 2.27. The van der Waals surface area contributed by atoms with Crippen molar-refractivity contribution in [3.05, 3.63) is 0 Å². The Kier molecular flexibility index (Phi) is 3.08. The molecule has 0 saturated heterocycles. The second-order valence-electron chi connectivity index (χ2n) is 2.09. The molecule has 1 aliphatic heterocycles. The summed E-state index contributed by atoms with van der Waals surface area (Å²) in [4.78, 5) is 4.08. The van der Waals surface area contributed by atoms with Gasteiger partial charge in [-0.15, -0.1) is 0 Å². The first-order chi connectivity index (χ1) is 4.43. The standard InChI is InChI=1S/C6H12N2S/c1-2-3-4-8-5-7-6-9-8/h6H,2-5H2,1H3. The van der Waals surface area contributed by atoms with E-state index in [9.17, 15) is 0 Å². The predicted octanol–water partition coefficient (Wildman–Crippen LogP) is 1.74. The smallest absolute Gasteiger partial charge is 0.101 e. The molecule has 0 unspecified atom stereocenters. The minimum atomic E-state index is 0.894. The number of rotatable bonds is 3. The number of hydrogen-bond acceptors (Lipinski definition) is 3. The first kappa shape index (κ1) is 7.09. The van der Waals surface area contributed by atoms with Crippen molar-refractivity contribution in [1.29, 1.82) is 0 Å². The summed E-state index contributed by atoms with van der Waals surface area (Å²) in [6.45, 7) is 4.29. The largest absolute Gasteiger partial charge is 0.269 e. The van der Waals surface area contributed by atoms with Crippen LogP contribution in [0.4, 0.5) is 0 Å². The van der Waals surface area contributed by atoms with Crippen LogP contribution < -0.4 is 0 Å². The average Bonchev–Trinajstić information content (AvgIpc) is 2.34. The number of nitrogens with zero attached hydrogens (tertiary/aromatic N) is 2. The van der Waals surface area contributed by atoms with E-state index in [1.165, 1.54) is 19.4 Å². The van der Waals surface area contributed by atoms with Gasteiger partial charge in [0.1, 0.15) is 6.67 Å². The first-order valence-corrected chi connectivity index (χ1v) is 4.17. The number of aliphatic imine (C=N–C) groups is 1. The topological polar surface area (TPSA) is 15.6 Å². The van der Waals surface area contributed by atoms with E-state index in [4.69, 9.17) is 0 Å². The van der Waals surface area contributed by atoms with Gasteiger partial charge in [-0.05, 0) is 18.4 Å². The van der Waals surface area contributed by atoms with Gasteiger partial charge in [-0.1, -0.05) is 13.3 Å². The molecule has 0 N–H and O–H groups in total. The van der Waals surface area contributed by atoms with Gasteiger partial charge in [-0.2, -0.15) is 0 Å². The van der Waals surface area contributed by atoms with E-state index < -0.39 is 0 Å². The summed E-state index contributed by atoms with van der Waals surface area (Å²) in [7, 11) is 0. The van der Waals surface area contributed by atoms with Crippen LogP contribution in [0, 0.1) is 0 Å². The summed E-state index contributed by atoms with van der Waals surface area (Å²) >= 11 is 1.72. The summed E-state index contributed by atoms with van der Waals surface area (Å²) in [6.07, 6.45) is 2.56. The monoisotopic (exact) mass is 144 g/mol. The second kappa shape index (κ2) is 3.90. The van der Waals surface area contributed by atoms with Gasteiger partial charge in [0.25, 0.3) is 0 Å². The molecule has 0 amide bonds. The fourth-order valence-electron chi connectivity index (χ4n) is 0.716. The van der Waals surface area contributed by atoms with Crippen LogP contribution in [0.3, 0.4) is 0 Å². The molecule has 0 spiro atoms. The molecule has 0 radical (unpaired) electrons. The van der Waals surface area contributed by atoms with Crippen molar-refractivity contribution in [2.24, 2.45) is 4.99 Å². The molecule has 0 bridgehead atoms. The molecule has 0 aromatic heterocycles. The SMILES string of the molecule is CCCCN1CN=CS1. The number of unbranched alkanes of at least 4 members (excludes halogenated alkanes) is 1. The van der Waals surface area contributed by atoms with E-state index in [0.29, 0.717) is 0 Å². The second-order valence-corrected chi connectivity index (χ2v) is 3.03. The molecule has 0 aliphatic carbocycles. The van der Waals surface area contributed by atoms with Crippen LogP contribution in [0.1, 0.15) is 19.8 Å². The minimum Gasteiger partial charge on any atom is -0.269 e. The van der Waals surface area contributed by atoms with Gasteiger partial charge >= 0.3 is 0 Å². The lowest BCUT2D eigenvalue weighted by Crippen LogP contribution is -2.12. The highest BCUT2D eigenvalue weighted by atomic mass is 32.2. The van der Waals surface area contributed by atoms with Crippen molar-refractivity contribution in [3.63, 3.8) is 0 Å². The first-order valence-electron chi connectivity index (χ1n) is 3.33. The zero-order valence-electron chi connectivity index (χ0n) is 5.71.